The summed E-state index contributed by atoms with van der Waals surface area (Å²) >= 11 is 6.17. The number of carbonyl (C=O) groups excluding carboxylic acids is 3. The van der Waals surface area contributed by atoms with E-state index in [9.17, 15) is 24.5 Å². The van der Waals surface area contributed by atoms with Crippen molar-refractivity contribution in [2.75, 3.05) is 44.9 Å². The molecule has 2 aromatic carbocycles. The van der Waals surface area contributed by atoms with Crippen LogP contribution < -0.4 is 4.90 Å². The minimum absolute atomic E-state index is 0.0289. The third kappa shape index (κ3) is 5.35. The van der Waals surface area contributed by atoms with Crippen LogP contribution in [0.1, 0.15) is 21.5 Å². The average Bonchev–Trinajstić information content (AvgIpc) is 3.19. The fourth-order valence-electron chi connectivity index (χ4n) is 3.65. The maximum atomic E-state index is 13.1. The van der Waals surface area contributed by atoms with Gasteiger partial charge in [0.05, 0.1) is 11.5 Å². The van der Waals surface area contributed by atoms with E-state index < -0.39 is 16.7 Å². The molecule has 0 bridgehead atoms. The maximum absolute atomic E-state index is 13.1. The molecule has 0 radical (unpaired) electrons. The third-order valence-corrected chi connectivity index (χ3v) is 6.06. The number of nitro groups is 1. The first-order valence-electron chi connectivity index (χ1n) is 10.5. The Hall–Kier alpha value is -3.50. The standard InChI is InChI=1S/C23H25ClN4O6/c1-15-7-8-17(11-20(15)28(32)33)23(31)25(9-10-34-3)12-21(29)26-13-22(30)27(14-26)19-6-4-5-18(24)16(19)2/h4-8,11H,9-10,12-14H2,1-3H3. The largest absolute Gasteiger partial charge is 0.383 e. The van der Waals surface area contributed by atoms with Gasteiger partial charge in [-0.2, -0.15) is 0 Å². The number of carbonyl (C=O) groups is 3. The van der Waals surface area contributed by atoms with E-state index in [0.29, 0.717) is 16.3 Å². The van der Waals surface area contributed by atoms with E-state index >= 15 is 0 Å². The fourth-order valence-corrected chi connectivity index (χ4v) is 3.82. The summed E-state index contributed by atoms with van der Waals surface area (Å²) in [6.07, 6.45) is 0. The molecule has 1 fully saturated rings. The number of rotatable bonds is 8. The number of methoxy groups -OCH3 is 1. The Bertz CT molecular complexity index is 1140. The van der Waals surface area contributed by atoms with Crippen molar-refractivity contribution in [2.24, 2.45) is 0 Å². The van der Waals surface area contributed by atoms with E-state index in [1.54, 1.807) is 32.0 Å². The summed E-state index contributed by atoms with van der Waals surface area (Å²) < 4.78 is 5.06. The summed E-state index contributed by atoms with van der Waals surface area (Å²) in [4.78, 5) is 53.6. The molecule has 2 aromatic rings. The summed E-state index contributed by atoms with van der Waals surface area (Å²) in [5.41, 5.74) is 1.68. The van der Waals surface area contributed by atoms with Crippen molar-refractivity contribution in [3.8, 4) is 0 Å². The Morgan fingerprint density at radius 2 is 1.97 bits per heavy atom. The Labute approximate surface area is 201 Å². The van der Waals surface area contributed by atoms with Crippen LogP contribution in [0.5, 0.6) is 0 Å². The minimum atomic E-state index is -0.557. The van der Waals surface area contributed by atoms with E-state index in [0.717, 1.165) is 5.56 Å². The molecule has 0 aromatic heterocycles. The van der Waals surface area contributed by atoms with Crippen LogP contribution in [-0.2, 0) is 14.3 Å². The summed E-state index contributed by atoms with van der Waals surface area (Å²) in [7, 11) is 1.46. The van der Waals surface area contributed by atoms with Crippen molar-refractivity contribution < 1.29 is 24.0 Å². The van der Waals surface area contributed by atoms with Crippen LogP contribution >= 0.6 is 11.6 Å². The van der Waals surface area contributed by atoms with Crippen LogP contribution in [0.25, 0.3) is 0 Å². The summed E-state index contributed by atoms with van der Waals surface area (Å²) in [6.45, 7) is 3.23. The molecule has 34 heavy (non-hydrogen) atoms. The highest BCUT2D eigenvalue weighted by Gasteiger charge is 2.34. The number of anilines is 1. The van der Waals surface area contributed by atoms with Gasteiger partial charge in [-0.05, 0) is 37.6 Å². The first-order chi connectivity index (χ1) is 16.1. The number of nitro benzene ring substituents is 1. The highest BCUT2D eigenvalue weighted by molar-refractivity contribution is 6.31. The Morgan fingerprint density at radius 1 is 1.24 bits per heavy atom. The van der Waals surface area contributed by atoms with Crippen LogP contribution in [0.15, 0.2) is 36.4 Å². The second-order valence-corrected chi connectivity index (χ2v) is 8.32. The first kappa shape index (κ1) is 25.1. The first-order valence-corrected chi connectivity index (χ1v) is 10.9. The molecule has 11 heteroatoms. The highest BCUT2D eigenvalue weighted by Crippen LogP contribution is 2.29. The van der Waals surface area contributed by atoms with Gasteiger partial charge in [0.15, 0.2) is 0 Å². The summed E-state index contributed by atoms with van der Waals surface area (Å²) in [5.74, 6) is -1.23. The lowest BCUT2D eigenvalue weighted by Gasteiger charge is -2.25. The SMILES string of the molecule is COCCN(CC(=O)N1CC(=O)N(c2cccc(Cl)c2C)C1)C(=O)c1ccc(C)c([N+](=O)[O-])c1. The van der Waals surface area contributed by atoms with Crippen LogP contribution in [-0.4, -0.2) is 72.5 Å². The average molecular weight is 489 g/mol. The maximum Gasteiger partial charge on any atom is 0.273 e. The van der Waals surface area contributed by atoms with Gasteiger partial charge >= 0.3 is 0 Å². The second kappa shape index (κ2) is 10.6. The lowest BCUT2D eigenvalue weighted by Crippen LogP contribution is -2.44. The predicted octanol–water partition coefficient (Wildman–Crippen LogP) is 2.79. The van der Waals surface area contributed by atoms with E-state index in [4.69, 9.17) is 16.3 Å². The van der Waals surface area contributed by atoms with Gasteiger partial charge in [-0.25, -0.2) is 0 Å². The molecule has 0 N–H and O–H groups in total. The monoisotopic (exact) mass is 488 g/mol. The molecule has 1 heterocycles. The number of benzene rings is 2. The van der Waals surface area contributed by atoms with E-state index in [1.807, 2.05) is 0 Å². The van der Waals surface area contributed by atoms with Crippen LogP contribution in [0.2, 0.25) is 5.02 Å². The quantitative estimate of drug-likeness (QED) is 0.417. The Balaban J connectivity index is 1.77. The molecule has 1 aliphatic rings. The van der Waals surface area contributed by atoms with E-state index in [1.165, 1.54) is 40.0 Å². The third-order valence-electron chi connectivity index (χ3n) is 5.65. The number of amides is 3. The van der Waals surface area contributed by atoms with Crippen molar-refractivity contribution in [3.63, 3.8) is 0 Å². The van der Waals surface area contributed by atoms with Crippen molar-refractivity contribution in [1.82, 2.24) is 9.80 Å². The van der Waals surface area contributed by atoms with Gasteiger partial charge in [0.1, 0.15) is 19.8 Å². The zero-order valence-corrected chi connectivity index (χ0v) is 19.9. The van der Waals surface area contributed by atoms with Crippen LogP contribution in [0, 0.1) is 24.0 Å². The zero-order chi connectivity index (χ0) is 25.0. The molecule has 0 spiro atoms. The normalized spacial score (nSPS) is 13.4. The van der Waals surface area contributed by atoms with Crippen molar-refractivity contribution in [1.29, 1.82) is 0 Å². The summed E-state index contributed by atoms with van der Waals surface area (Å²) in [6, 6.07) is 9.38. The molecular formula is C23H25ClN4O6. The zero-order valence-electron chi connectivity index (χ0n) is 19.1. The second-order valence-electron chi connectivity index (χ2n) is 7.92. The number of ether oxygens (including phenoxy) is 1. The van der Waals surface area contributed by atoms with Gasteiger partial charge in [0, 0.05) is 41.6 Å². The topological polar surface area (TPSA) is 113 Å². The molecule has 0 unspecified atom stereocenters. The molecule has 0 atom stereocenters. The lowest BCUT2D eigenvalue weighted by atomic mass is 10.1. The molecule has 3 rings (SSSR count). The predicted molar refractivity (Wildman–Crippen MR) is 126 cm³/mol. The van der Waals surface area contributed by atoms with Gasteiger partial charge in [0.25, 0.3) is 11.6 Å². The number of aryl methyl sites for hydroxylation is 1. The van der Waals surface area contributed by atoms with E-state index in [2.05, 4.69) is 0 Å². The molecule has 180 valence electrons. The molecule has 1 aliphatic heterocycles. The number of halogens is 1. The Morgan fingerprint density at radius 3 is 2.65 bits per heavy atom. The van der Waals surface area contributed by atoms with E-state index in [-0.39, 0.29) is 50.1 Å². The van der Waals surface area contributed by atoms with Gasteiger partial charge in [-0.1, -0.05) is 23.7 Å². The van der Waals surface area contributed by atoms with Crippen molar-refractivity contribution in [3.05, 3.63) is 68.2 Å². The molecule has 0 saturated carbocycles. The van der Waals surface area contributed by atoms with Gasteiger partial charge < -0.3 is 14.5 Å². The lowest BCUT2D eigenvalue weighted by molar-refractivity contribution is -0.385. The minimum Gasteiger partial charge on any atom is -0.383 e. The molecule has 3 amide bonds. The highest BCUT2D eigenvalue weighted by atomic mass is 35.5. The van der Waals surface area contributed by atoms with Gasteiger partial charge in [0.2, 0.25) is 11.8 Å². The fraction of sp³-hybridized carbons (Fsp3) is 0.348. The number of hydrogen-bond acceptors (Lipinski definition) is 6. The number of hydrogen-bond donors (Lipinski definition) is 0. The number of nitrogens with zero attached hydrogens (tertiary/aromatic N) is 4. The van der Waals surface area contributed by atoms with Crippen molar-refractivity contribution >= 4 is 40.7 Å². The molecular weight excluding hydrogens is 464 g/mol. The molecule has 1 saturated heterocycles. The summed E-state index contributed by atoms with van der Waals surface area (Å²) in [5, 5.41) is 11.8. The van der Waals surface area contributed by atoms with Crippen molar-refractivity contribution in [2.45, 2.75) is 13.8 Å². The Kier molecular flexibility index (Phi) is 7.85. The van der Waals surface area contributed by atoms with Crippen LogP contribution in [0.4, 0.5) is 11.4 Å². The van der Waals surface area contributed by atoms with Gasteiger partial charge in [-0.3, -0.25) is 29.4 Å². The smallest absolute Gasteiger partial charge is 0.273 e. The molecule has 10 nitrogen and oxygen atoms in total. The van der Waals surface area contributed by atoms with Crippen LogP contribution in [0.3, 0.4) is 0 Å². The van der Waals surface area contributed by atoms with Gasteiger partial charge in [-0.15, -0.1) is 0 Å². The molecule has 0 aliphatic carbocycles.